The first-order valence-corrected chi connectivity index (χ1v) is 11.5. The highest BCUT2D eigenvalue weighted by Crippen LogP contribution is 2.31. The molecule has 2 atom stereocenters. The summed E-state index contributed by atoms with van der Waals surface area (Å²) in [4.78, 5) is 22.1. The molecule has 174 valence electrons. The van der Waals surface area contributed by atoms with Crippen molar-refractivity contribution in [3.8, 4) is 0 Å². The molecule has 0 spiro atoms. The summed E-state index contributed by atoms with van der Waals surface area (Å²) in [5, 5.41) is 6.21. The number of benzene rings is 1. The summed E-state index contributed by atoms with van der Waals surface area (Å²) in [6.07, 6.45) is 3.72. The van der Waals surface area contributed by atoms with Crippen molar-refractivity contribution < 1.29 is 4.79 Å². The van der Waals surface area contributed by atoms with E-state index in [1.54, 1.807) is 7.05 Å². The second kappa shape index (κ2) is 12.0. The van der Waals surface area contributed by atoms with E-state index < -0.39 is 5.41 Å². The highest BCUT2D eigenvalue weighted by molar-refractivity contribution is 14.0. The molecule has 2 unspecified atom stereocenters. The van der Waals surface area contributed by atoms with Crippen LogP contribution in [0.2, 0.25) is 0 Å². The second-order valence-electron chi connectivity index (χ2n) is 9.29. The molecule has 2 aliphatic heterocycles. The minimum Gasteiger partial charge on any atom is -0.359 e. The second-order valence-corrected chi connectivity index (χ2v) is 9.29. The molecule has 1 aromatic carbocycles. The molecule has 2 fully saturated rings. The van der Waals surface area contributed by atoms with Gasteiger partial charge in [-0.15, -0.1) is 24.0 Å². The molecule has 0 aromatic heterocycles. The molecular weight excluding hydrogens is 501 g/mol. The van der Waals surface area contributed by atoms with Crippen molar-refractivity contribution in [1.29, 1.82) is 0 Å². The number of carbonyl (C=O) groups excluding carboxylic acids is 1. The number of fused-ring (bicyclic) bond motifs is 1. The maximum absolute atomic E-state index is 12.1. The van der Waals surface area contributed by atoms with E-state index in [9.17, 15) is 4.79 Å². The number of aliphatic imine (C=N–C) groups is 1. The van der Waals surface area contributed by atoms with Gasteiger partial charge in [-0.25, -0.2) is 0 Å². The fourth-order valence-electron chi connectivity index (χ4n) is 4.82. The highest BCUT2D eigenvalue weighted by Gasteiger charge is 2.37. The number of piperidine rings is 2. The third kappa shape index (κ3) is 6.81. The normalized spacial score (nSPS) is 22.3. The summed E-state index contributed by atoms with van der Waals surface area (Å²) in [5.74, 6) is 1.66. The van der Waals surface area contributed by atoms with Crippen LogP contribution in [0.5, 0.6) is 0 Å². The van der Waals surface area contributed by atoms with Crippen molar-refractivity contribution in [3.63, 3.8) is 0 Å². The first-order chi connectivity index (χ1) is 14.4. The Morgan fingerprint density at radius 2 is 1.94 bits per heavy atom. The average molecular weight is 542 g/mol. The van der Waals surface area contributed by atoms with Crippen LogP contribution < -0.4 is 10.6 Å². The van der Waals surface area contributed by atoms with Crippen LogP contribution in [0.1, 0.15) is 45.6 Å². The zero-order chi connectivity index (χ0) is 21.6. The van der Waals surface area contributed by atoms with Crippen LogP contribution in [0.4, 0.5) is 0 Å². The summed E-state index contributed by atoms with van der Waals surface area (Å²) in [5.41, 5.74) is 0.900. The SMILES string of the molecule is CCNC(=NCC(C)(C)C(=O)NC)N1CCC2C(CCCN2Cc2ccccc2)C1.I. The molecule has 3 rings (SSSR count). The van der Waals surface area contributed by atoms with Crippen LogP contribution in [0.25, 0.3) is 0 Å². The van der Waals surface area contributed by atoms with Crippen molar-refractivity contribution in [2.75, 3.05) is 39.8 Å². The Hall–Kier alpha value is -1.35. The number of guanidine groups is 1. The quantitative estimate of drug-likeness (QED) is 0.330. The standard InChI is InChI=1S/C24H39N5O.HI/c1-5-26-23(27-18-24(2,3)22(30)25-4)29-15-13-21-20(17-29)12-9-14-28(21)16-19-10-7-6-8-11-19;/h6-8,10-11,20-21H,5,9,12-18H2,1-4H3,(H,25,30)(H,26,27);1H. The zero-order valence-corrected chi connectivity index (χ0v) is 21.9. The Kier molecular flexibility index (Phi) is 10.1. The molecule has 1 aromatic rings. The number of nitrogens with one attached hydrogen (secondary N) is 2. The molecule has 7 heteroatoms. The Morgan fingerprint density at radius 1 is 1.19 bits per heavy atom. The fourth-order valence-corrected chi connectivity index (χ4v) is 4.82. The molecule has 31 heavy (non-hydrogen) atoms. The van der Waals surface area contributed by atoms with E-state index >= 15 is 0 Å². The number of rotatable bonds is 6. The number of likely N-dealkylation sites (tertiary alicyclic amines) is 2. The summed E-state index contributed by atoms with van der Waals surface area (Å²) in [7, 11) is 1.69. The predicted molar refractivity (Wildman–Crippen MR) is 139 cm³/mol. The van der Waals surface area contributed by atoms with Gasteiger partial charge in [-0.3, -0.25) is 14.7 Å². The van der Waals surface area contributed by atoms with Gasteiger partial charge in [0.1, 0.15) is 0 Å². The third-order valence-corrected chi connectivity index (χ3v) is 6.51. The lowest BCUT2D eigenvalue weighted by Crippen LogP contribution is -2.56. The van der Waals surface area contributed by atoms with Gasteiger partial charge in [0.2, 0.25) is 5.91 Å². The molecule has 2 heterocycles. The van der Waals surface area contributed by atoms with Crippen LogP contribution in [0.3, 0.4) is 0 Å². The monoisotopic (exact) mass is 541 g/mol. The van der Waals surface area contributed by atoms with Gasteiger partial charge < -0.3 is 15.5 Å². The molecule has 0 bridgehead atoms. The van der Waals surface area contributed by atoms with Gasteiger partial charge in [0, 0.05) is 39.3 Å². The predicted octanol–water partition coefficient (Wildman–Crippen LogP) is 3.33. The van der Waals surface area contributed by atoms with Crippen LogP contribution in [-0.2, 0) is 11.3 Å². The molecule has 6 nitrogen and oxygen atoms in total. The molecule has 1 amide bonds. The molecule has 0 aliphatic carbocycles. The zero-order valence-electron chi connectivity index (χ0n) is 19.6. The Bertz CT molecular complexity index is 724. The van der Waals surface area contributed by atoms with E-state index in [4.69, 9.17) is 4.99 Å². The Balaban J connectivity index is 0.00000341. The average Bonchev–Trinajstić information content (AvgIpc) is 2.76. The molecule has 0 saturated carbocycles. The van der Waals surface area contributed by atoms with E-state index in [0.717, 1.165) is 32.1 Å². The van der Waals surface area contributed by atoms with Gasteiger partial charge in [-0.05, 0) is 58.1 Å². The van der Waals surface area contributed by atoms with Crippen molar-refractivity contribution in [3.05, 3.63) is 35.9 Å². The summed E-state index contributed by atoms with van der Waals surface area (Å²) in [6, 6.07) is 11.5. The number of carbonyl (C=O) groups is 1. The van der Waals surface area contributed by atoms with Crippen molar-refractivity contribution in [2.45, 2.75) is 52.6 Å². The van der Waals surface area contributed by atoms with Crippen LogP contribution in [0, 0.1) is 11.3 Å². The van der Waals surface area contributed by atoms with Crippen LogP contribution >= 0.6 is 24.0 Å². The van der Waals surface area contributed by atoms with E-state index in [1.807, 2.05) is 13.8 Å². The number of hydrogen-bond donors (Lipinski definition) is 2. The fraction of sp³-hybridized carbons (Fsp3) is 0.667. The Morgan fingerprint density at radius 3 is 2.61 bits per heavy atom. The third-order valence-electron chi connectivity index (χ3n) is 6.51. The minimum absolute atomic E-state index is 0. The lowest BCUT2D eigenvalue weighted by molar-refractivity contribution is -0.128. The number of nitrogens with zero attached hydrogens (tertiary/aromatic N) is 3. The highest BCUT2D eigenvalue weighted by atomic mass is 127. The van der Waals surface area contributed by atoms with Gasteiger partial charge >= 0.3 is 0 Å². The number of amides is 1. The number of hydrogen-bond acceptors (Lipinski definition) is 3. The van der Waals surface area contributed by atoms with E-state index in [-0.39, 0.29) is 29.9 Å². The van der Waals surface area contributed by atoms with E-state index in [2.05, 4.69) is 57.7 Å². The van der Waals surface area contributed by atoms with Gasteiger partial charge in [-0.1, -0.05) is 30.3 Å². The van der Waals surface area contributed by atoms with Gasteiger partial charge in [0.05, 0.1) is 12.0 Å². The van der Waals surface area contributed by atoms with Crippen molar-refractivity contribution in [2.24, 2.45) is 16.3 Å². The number of halogens is 1. The van der Waals surface area contributed by atoms with E-state index in [0.29, 0.717) is 18.5 Å². The lowest BCUT2D eigenvalue weighted by atomic mass is 9.83. The maximum Gasteiger partial charge on any atom is 0.227 e. The molecule has 2 aliphatic rings. The summed E-state index contributed by atoms with van der Waals surface area (Å²) < 4.78 is 0. The van der Waals surface area contributed by atoms with Crippen molar-refractivity contribution >= 4 is 35.8 Å². The van der Waals surface area contributed by atoms with E-state index in [1.165, 1.54) is 31.4 Å². The first kappa shape index (κ1) is 25.9. The van der Waals surface area contributed by atoms with Gasteiger partial charge in [-0.2, -0.15) is 0 Å². The summed E-state index contributed by atoms with van der Waals surface area (Å²) >= 11 is 0. The molecule has 2 N–H and O–H groups in total. The van der Waals surface area contributed by atoms with Crippen molar-refractivity contribution in [1.82, 2.24) is 20.4 Å². The van der Waals surface area contributed by atoms with Gasteiger partial charge in [0.25, 0.3) is 0 Å². The minimum atomic E-state index is -0.509. The topological polar surface area (TPSA) is 60.0 Å². The molecule has 0 radical (unpaired) electrons. The maximum atomic E-state index is 12.1. The first-order valence-electron chi connectivity index (χ1n) is 11.5. The van der Waals surface area contributed by atoms with Crippen LogP contribution in [0.15, 0.2) is 35.3 Å². The molecule has 2 saturated heterocycles. The lowest BCUT2D eigenvalue weighted by Gasteiger charge is -2.48. The molecular formula is C24H40IN5O. The summed E-state index contributed by atoms with van der Waals surface area (Å²) in [6.45, 7) is 11.6. The van der Waals surface area contributed by atoms with Crippen LogP contribution in [-0.4, -0.2) is 67.5 Å². The largest absolute Gasteiger partial charge is 0.359 e. The van der Waals surface area contributed by atoms with Gasteiger partial charge in [0.15, 0.2) is 5.96 Å². The Labute approximate surface area is 205 Å². The smallest absolute Gasteiger partial charge is 0.227 e.